The quantitative estimate of drug-likeness (QED) is 0.749. The third-order valence-corrected chi connectivity index (χ3v) is 3.20. The third-order valence-electron chi connectivity index (χ3n) is 3.20. The van der Waals surface area contributed by atoms with Gasteiger partial charge in [-0.25, -0.2) is 0 Å². The molecule has 1 amide bonds. The van der Waals surface area contributed by atoms with Gasteiger partial charge < -0.3 is 14.6 Å². The molecular formula is C16H22N4O2. The number of hydrogen-bond acceptors (Lipinski definition) is 5. The van der Waals surface area contributed by atoms with Crippen molar-refractivity contribution in [3.05, 3.63) is 47.7 Å². The molecule has 0 saturated carbocycles. The highest BCUT2D eigenvalue weighted by Gasteiger charge is 2.14. The summed E-state index contributed by atoms with van der Waals surface area (Å²) in [6.45, 7) is 1.52. The number of carbonyl (C=O) groups is 1. The average Bonchev–Trinajstić information content (AvgIpc) is 2.99. The first-order valence-corrected chi connectivity index (χ1v) is 7.44. The summed E-state index contributed by atoms with van der Waals surface area (Å²) in [5.41, 5.74) is 1.20. The van der Waals surface area contributed by atoms with Crippen molar-refractivity contribution in [2.45, 2.75) is 19.3 Å². The molecule has 0 radical (unpaired) electrons. The predicted octanol–water partition coefficient (Wildman–Crippen LogP) is 1.54. The number of amides is 1. The maximum Gasteiger partial charge on any atom is 0.308 e. The van der Waals surface area contributed by atoms with Crippen LogP contribution in [0.3, 0.4) is 0 Å². The molecule has 0 atom stereocenters. The van der Waals surface area contributed by atoms with E-state index in [0.29, 0.717) is 18.9 Å². The number of aryl methyl sites for hydroxylation is 2. The normalized spacial score (nSPS) is 10.9. The van der Waals surface area contributed by atoms with Gasteiger partial charge in [0.05, 0.1) is 0 Å². The van der Waals surface area contributed by atoms with Gasteiger partial charge in [-0.05, 0) is 39.0 Å². The minimum atomic E-state index is -0.308. The standard InChI is InChI=1S/C16H22N4O2/c1-20(2)12-6-11-17-15(21)16-19-18-14(22-16)10-9-13-7-4-3-5-8-13/h3-5,7-8H,6,9-12H2,1-2H3,(H,17,21). The van der Waals surface area contributed by atoms with Crippen molar-refractivity contribution in [3.8, 4) is 0 Å². The van der Waals surface area contributed by atoms with Crippen molar-refractivity contribution in [3.63, 3.8) is 0 Å². The Kier molecular flexibility index (Phi) is 6.09. The molecule has 2 rings (SSSR count). The maximum absolute atomic E-state index is 11.9. The van der Waals surface area contributed by atoms with Crippen molar-refractivity contribution >= 4 is 5.91 Å². The Morgan fingerprint density at radius 3 is 2.68 bits per heavy atom. The Morgan fingerprint density at radius 1 is 1.18 bits per heavy atom. The van der Waals surface area contributed by atoms with Gasteiger partial charge in [-0.2, -0.15) is 0 Å². The van der Waals surface area contributed by atoms with E-state index in [1.54, 1.807) is 0 Å². The molecule has 2 aromatic rings. The lowest BCUT2D eigenvalue weighted by Gasteiger charge is -2.08. The van der Waals surface area contributed by atoms with Crippen LogP contribution in [-0.2, 0) is 12.8 Å². The van der Waals surface area contributed by atoms with Crippen molar-refractivity contribution in [2.24, 2.45) is 0 Å². The molecule has 1 N–H and O–H groups in total. The average molecular weight is 302 g/mol. The smallest absolute Gasteiger partial charge is 0.308 e. The minimum absolute atomic E-state index is 0.0351. The number of nitrogens with zero attached hydrogens (tertiary/aromatic N) is 3. The summed E-state index contributed by atoms with van der Waals surface area (Å²) in [6.07, 6.45) is 2.32. The number of hydrogen-bond donors (Lipinski definition) is 1. The molecule has 1 aromatic heterocycles. The van der Waals surface area contributed by atoms with Crippen LogP contribution >= 0.6 is 0 Å². The highest BCUT2D eigenvalue weighted by Crippen LogP contribution is 2.06. The molecule has 0 bridgehead atoms. The van der Waals surface area contributed by atoms with E-state index in [4.69, 9.17) is 4.42 Å². The van der Waals surface area contributed by atoms with Gasteiger partial charge in [-0.1, -0.05) is 30.3 Å². The Hall–Kier alpha value is -2.21. The summed E-state index contributed by atoms with van der Waals surface area (Å²) >= 11 is 0. The lowest BCUT2D eigenvalue weighted by molar-refractivity contribution is 0.0916. The first-order chi connectivity index (χ1) is 10.6. The highest BCUT2D eigenvalue weighted by molar-refractivity contribution is 5.89. The summed E-state index contributed by atoms with van der Waals surface area (Å²) < 4.78 is 5.40. The number of rotatable bonds is 8. The topological polar surface area (TPSA) is 71.3 Å². The van der Waals surface area contributed by atoms with Crippen LogP contribution in [0.25, 0.3) is 0 Å². The van der Waals surface area contributed by atoms with Crippen molar-refractivity contribution in [1.29, 1.82) is 0 Å². The number of carbonyl (C=O) groups excluding carboxylic acids is 1. The molecule has 0 fully saturated rings. The first kappa shape index (κ1) is 16.2. The Balaban J connectivity index is 1.77. The molecule has 0 aliphatic carbocycles. The predicted molar refractivity (Wildman–Crippen MR) is 83.7 cm³/mol. The summed E-state index contributed by atoms with van der Waals surface area (Å²) in [4.78, 5) is 13.9. The van der Waals surface area contributed by atoms with E-state index in [2.05, 4.69) is 32.5 Å². The lowest BCUT2D eigenvalue weighted by atomic mass is 10.1. The van der Waals surface area contributed by atoms with Gasteiger partial charge in [0, 0.05) is 13.0 Å². The van der Waals surface area contributed by atoms with Crippen LogP contribution in [-0.4, -0.2) is 48.2 Å². The van der Waals surface area contributed by atoms with E-state index in [1.165, 1.54) is 5.56 Å². The zero-order valence-electron chi connectivity index (χ0n) is 13.1. The molecule has 6 heteroatoms. The van der Waals surface area contributed by atoms with Crippen LogP contribution in [0.2, 0.25) is 0 Å². The number of aromatic nitrogens is 2. The third kappa shape index (κ3) is 5.29. The fraction of sp³-hybridized carbons (Fsp3) is 0.438. The lowest BCUT2D eigenvalue weighted by Crippen LogP contribution is -2.27. The summed E-state index contributed by atoms with van der Waals surface area (Å²) in [7, 11) is 4.00. The second-order valence-corrected chi connectivity index (χ2v) is 5.40. The van der Waals surface area contributed by atoms with Gasteiger partial charge in [-0.3, -0.25) is 4.79 Å². The van der Waals surface area contributed by atoms with Crippen LogP contribution in [0.1, 0.15) is 28.6 Å². The molecular weight excluding hydrogens is 280 g/mol. The van der Waals surface area contributed by atoms with E-state index in [-0.39, 0.29) is 11.8 Å². The van der Waals surface area contributed by atoms with Crippen LogP contribution in [0.15, 0.2) is 34.7 Å². The van der Waals surface area contributed by atoms with Crippen LogP contribution in [0.5, 0.6) is 0 Å². The van der Waals surface area contributed by atoms with Gasteiger partial charge in [0.1, 0.15) is 0 Å². The highest BCUT2D eigenvalue weighted by atomic mass is 16.4. The van der Waals surface area contributed by atoms with Gasteiger partial charge in [-0.15, -0.1) is 10.2 Å². The van der Waals surface area contributed by atoms with Crippen molar-refractivity contribution in [1.82, 2.24) is 20.4 Å². The Morgan fingerprint density at radius 2 is 1.95 bits per heavy atom. The zero-order valence-corrected chi connectivity index (χ0v) is 13.1. The zero-order chi connectivity index (χ0) is 15.8. The van der Waals surface area contributed by atoms with Gasteiger partial charge in [0.25, 0.3) is 0 Å². The van der Waals surface area contributed by atoms with Crippen molar-refractivity contribution < 1.29 is 9.21 Å². The second kappa shape index (κ2) is 8.29. The molecule has 0 spiro atoms. The van der Waals surface area contributed by atoms with Crippen LogP contribution in [0, 0.1) is 0 Å². The molecule has 0 unspecified atom stereocenters. The fourth-order valence-electron chi connectivity index (χ4n) is 2.02. The van der Waals surface area contributed by atoms with E-state index in [1.807, 2.05) is 32.3 Å². The second-order valence-electron chi connectivity index (χ2n) is 5.40. The van der Waals surface area contributed by atoms with Crippen molar-refractivity contribution in [2.75, 3.05) is 27.2 Å². The van der Waals surface area contributed by atoms with Crippen LogP contribution < -0.4 is 5.32 Å². The SMILES string of the molecule is CN(C)CCCNC(=O)c1nnc(CCc2ccccc2)o1. The van der Waals surface area contributed by atoms with E-state index in [9.17, 15) is 4.79 Å². The van der Waals surface area contributed by atoms with E-state index < -0.39 is 0 Å². The van der Waals surface area contributed by atoms with Gasteiger partial charge >= 0.3 is 11.8 Å². The van der Waals surface area contributed by atoms with Crippen LogP contribution in [0.4, 0.5) is 0 Å². The summed E-state index contributed by atoms with van der Waals surface area (Å²) in [5, 5.41) is 10.5. The molecule has 22 heavy (non-hydrogen) atoms. The van der Waals surface area contributed by atoms with E-state index in [0.717, 1.165) is 19.4 Å². The Labute approximate surface area is 130 Å². The maximum atomic E-state index is 11.9. The minimum Gasteiger partial charge on any atom is -0.417 e. The first-order valence-electron chi connectivity index (χ1n) is 7.44. The summed E-state index contributed by atoms with van der Waals surface area (Å²) in [6, 6.07) is 10.1. The monoisotopic (exact) mass is 302 g/mol. The fourth-order valence-corrected chi connectivity index (χ4v) is 2.02. The summed E-state index contributed by atoms with van der Waals surface area (Å²) in [5.74, 6) is 0.215. The number of nitrogens with one attached hydrogen (secondary N) is 1. The Bertz CT molecular complexity index is 581. The van der Waals surface area contributed by atoms with Gasteiger partial charge in [0.15, 0.2) is 0 Å². The molecule has 118 valence electrons. The molecule has 0 aliphatic rings. The molecule has 1 heterocycles. The molecule has 0 saturated heterocycles. The van der Waals surface area contributed by atoms with Gasteiger partial charge in [0.2, 0.25) is 5.89 Å². The largest absolute Gasteiger partial charge is 0.417 e. The molecule has 6 nitrogen and oxygen atoms in total. The van der Waals surface area contributed by atoms with E-state index >= 15 is 0 Å². The number of benzene rings is 1. The molecule has 1 aromatic carbocycles. The molecule has 0 aliphatic heterocycles.